The van der Waals surface area contributed by atoms with Gasteiger partial charge in [0.2, 0.25) is 5.76 Å². The van der Waals surface area contributed by atoms with Gasteiger partial charge in [-0.2, -0.15) is 13.2 Å². The van der Waals surface area contributed by atoms with Gasteiger partial charge >= 0.3 is 6.18 Å². The topological polar surface area (TPSA) is 135 Å². The number of alkyl halides is 3. The number of hydrogen-bond acceptors (Lipinski definition) is 8. The lowest BCUT2D eigenvalue weighted by atomic mass is 10.2. The van der Waals surface area contributed by atoms with E-state index in [-0.39, 0.29) is 40.2 Å². The maximum atomic E-state index is 12.9. The Balaban J connectivity index is 1.37. The summed E-state index contributed by atoms with van der Waals surface area (Å²) in [5.74, 6) is -1.51. The largest absolute Gasteiger partial charge is 0.416 e. The second-order valence-corrected chi connectivity index (χ2v) is 7.52. The van der Waals surface area contributed by atoms with E-state index in [1.54, 1.807) is 24.5 Å². The predicted molar refractivity (Wildman–Crippen MR) is 122 cm³/mol. The number of aromatic nitrogens is 4. The molecule has 184 valence electrons. The lowest BCUT2D eigenvalue weighted by Crippen LogP contribution is -2.24. The first kappa shape index (κ1) is 24.6. The zero-order chi connectivity index (χ0) is 25.7. The van der Waals surface area contributed by atoms with Gasteiger partial charge < -0.3 is 20.5 Å². The van der Waals surface area contributed by atoms with Crippen LogP contribution >= 0.6 is 11.6 Å². The Kier molecular flexibility index (Phi) is 7.10. The number of anilines is 3. The molecule has 0 unspecified atom stereocenters. The summed E-state index contributed by atoms with van der Waals surface area (Å²) in [6, 6.07) is 8.74. The van der Waals surface area contributed by atoms with Crippen LogP contribution in [0.3, 0.4) is 0 Å². The Morgan fingerprint density at radius 2 is 1.78 bits per heavy atom. The standard InChI is InChI=1S/C22H15ClF3N7O3/c23-17-18(29-11-30-19(17)31-13-4-6-27-7-5-13)21(35)28-10-15-9-16(36-33-15)20(34)32-14-3-1-2-12(8-14)22(24,25)26/h1-9,11H,10H2,(H,28,35)(H,32,34)(H,27,29,30,31). The van der Waals surface area contributed by atoms with Crippen molar-refractivity contribution in [3.05, 3.63) is 88.9 Å². The van der Waals surface area contributed by atoms with Gasteiger partial charge in [-0.3, -0.25) is 14.6 Å². The highest BCUT2D eigenvalue weighted by Crippen LogP contribution is 2.31. The van der Waals surface area contributed by atoms with Crippen molar-refractivity contribution in [1.82, 2.24) is 25.4 Å². The average Bonchev–Trinajstić information content (AvgIpc) is 3.33. The smallest absolute Gasteiger partial charge is 0.351 e. The minimum atomic E-state index is -4.55. The van der Waals surface area contributed by atoms with Crippen molar-refractivity contribution in [2.75, 3.05) is 10.6 Å². The number of rotatable bonds is 7. The first-order valence-corrected chi connectivity index (χ1v) is 10.5. The number of nitrogens with zero attached hydrogens (tertiary/aromatic N) is 4. The number of benzene rings is 1. The molecule has 14 heteroatoms. The predicted octanol–water partition coefficient (Wildman–Crippen LogP) is 4.46. The van der Waals surface area contributed by atoms with Crippen LogP contribution in [0.5, 0.6) is 0 Å². The van der Waals surface area contributed by atoms with Gasteiger partial charge in [0.1, 0.15) is 17.0 Å². The van der Waals surface area contributed by atoms with Crippen LogP contribution in [0.1, 0.15) is 32.3 Å². The lowest BCUT2D eigenvalue weighted by molar-refractivity contribution is -0.137. The van der Waals surface area contributed by atoms with E-state index < -0.39 is 23.6 Å². The molecule has 0 aliphatic carbocycles. The van der Waals surface area contributed by atoms with Gasteiger partial charge in [-0.1, -0.05) is 22.8 Å². The van der Waals surface area contributed by atoms with Gasteiger partial charge in [-0.15, -0.1) is 0 Å². The van der Waals surface area contributed by atoms with Gasteiger partial charge in [0, 0.05) is 29.8 Å². The summed E-state index contributed by atoms with van der Waals surface area (Å²) in [7, 11) is 0. The monoisotopic (exact) mass is 517 g/mol. The van der Waals surface area contributed by atoms with Crippen LogP contribution in [0.25, 0.3) is 0 Å². The number of nitrogens with one attached hydrogen (secondary N) is 3. The highest BCUT2D eigenvalue weighted by Gasteiger charge is 2.30. The third-order valence-corrected chi connectivity index (χ3v) is 4.97. The quantitative estimate of drug-likeness (QED) is 0.327. The van der Waals surface area contributed by atoms with E-state index in [1.165, 1.54) is 12.1 Å². The number of pyridine rings is 1. The van der Waals surface area contributed by atoms with Crippen molar-refractivity contribution in [2.24, 2.45) is 0 Å². The maximum absolute atomic E-state index is 12.9. The Bertz CT molecular complexity index is 1400. The van der Waals surface area contributed by atoms with Crippen molar-refractivity contribution in [2.45, 2.75) is 12.7 Å². The molecule has 0 radical (unpaired) electrons. The fourth-order valence-electron chi connectivity index (χ4n) is 2.91. The van der Waals surface area contributed by atoms with Crippen LogP contribution in [0, 0.1) is 0 Å². The molecule has 0 spiro atoms. The van der Waals surface area contributed by atoms with Crippen molar-refractivity contribution in [1.29, 1.82) is 0 Å². The second-order valence-electron chi connectivity index (χ2n) is 7.14. The summed E-state index contributed by atoms with van der Waals surface area (Å²) in [5, 5.41) is 11.5. The molecule has 3 N–H and O–H groups in total. The van der Waals surface area contributed by atoms with Crippen LogP contribution in [-0.4, -0.2) is 31.9 Å². The zero-order valence-electron chi connectivity index (χ0n) is 18.0. The first-order chi connectivity index (χ1) is 17.2. The Hall–Kier alpha value is -4.52. The normalized spacial score (nSPS) is 11.1. The molecule has 3 aromatic heterocycles. The van der Waals surface area contributed by atoms with Crippen molar-refractivity contribution in [3.8, 4) is 0 Å². The molecule has 0 aliphatic heterocycles. The summed E-state index contributed by atoms with van der Waals surface area (Å²) in [6.45, 7) is -0.146. The average molecular weight is 518 g/mol. The molecule has 10 nitrogen and oxygen atoms in total. The Labute approximate surface area is 205 Å². The zero-order valence-corrected chi connectivity index (χ0v) is 18.8. The lowest BCUT2D eigenvalue weighted by Gasteiger charge is -2.09. The molecular weight excluding hydrogens is 503 g/mol. The molecule has 4 aromatic rings. The van der Waals surface area contributed by atoms with Gasteiger partial charge in [0.25, 0.3) is 11.8 Å². The van der Waals surface area contributed by atoms with Crippen LogP contribution in [0.4, 0.5) is 30.4 Å². The van der Waals surface area contributed by atoms with Gasteiger partial charge in [-0.25, -0.2) is 9.97 Å². The van der Waals surface area contributed by atoms with Crippen LogP contribution in [0.15, 0.2) is 65.7 Å². The number of amides is 2. The summed E-state index contributed by atoms with van der Waals surface area (Å²) in [6.07, 6.45) is -0.258. The summed E-state index contributed by atoms with van der Waals surface area (Å²) < 4.78 is 43.5. The molecule has 4 rings (SSSR count). The Morgan fingerprint density at radius 3 is 2.53 bits per heavy atom. The highest BCUT2D eigenvalue weighted by atomic mass is 35.5. The molecule has 1 aromatic carbocycles. The number of carbonyl (C=O) groups is 2. The maximum Gasteiger partial charge on any atom is 0.416 e. The summed E-state index contributed by atoms with van der Waals surface area (Å²) in [5.41, 5.74) is -0.262. The minimum Gasteiger partial charge on any atom is -0.351 e. The minimum absolute atomic E-state index is 0.0203. The van der Waals surface area contributed by atoms with Crippen molar-refractivity contribution < 1.29 is 27.3 Å². The molecule has 0 atom stereocenters. The van der Waals surface area contributed by atoms with E-state index in [4.69, 9.17) is 16.1 Å². The van der Waals surface area contributed by atoms with Gasteiger partial charge in [0.05, 0.1) is 12.1 Å². The van der Waals surface area contributed by atoms with E-state index in [0.29, 0.717) is 5.69 Å². The Morgan fingerprint density at radius 1 is 1.00 bits per heavy atom. The third-order valence-electron chi connectivity index (χ3n) is 4.61. The summed E-state index contributed by atoms with van der Waals surface area (Å²) in [4.78, 5) is 36.7. The number of hydrogen-bond donors (Lipinski definition) is 3. The first-order valence-electron chi connectivity index (χ1n) is 10.1. The molecule has 0 saturated heterocycles. The molecule has 3 heterocycles. The van der Waals surface area contributed by atoms with Crippen LogP contribution < -0.4 is 16.0 Å². The molecule has 2 amide bonds. The van der Waals surface area contributed by atoms with E-state index in [0.717, 1.165) is 24.5 Å². The van der Waals surface area contributed by atoms with Crippen LogP contribution in [0.2, 0.25) is 5.02 Å². The van der Waals surface area contributed by atoms with Gasteiger partial charge in [-0.05, 0) is 30.3 Å². The second kappa shape index (κ2) is 10.4. The van der Waals surface area contributed by atoms with Crippen LogP contribution in [-0.2, 0) is 12.7 Å². The fraction of sp³-hybridized carbons (Fsp3) is 0.0909. The number of carbonyl (C=O) groups excluding carboxylic acids is 2. The molecular formula is C22H15ClF3N7O3. The molecule has 36 heavy (non-hydrogen) atoms. The van der Waals surface area contributed by atoms with Crippen molar-refractivity contribution in [3.63, 3.8) is 0 Å². The SMILES string of the molecule is O=C(Nc1cccc(C(F)(F)F)c1)c1cc(CNC(=O)c2ncnc(Nc3ccncc3)c2Cl)no1. The van der Waals surface area contributed by atoms with E-state index >= 15 is 0 Å². The number of halogens is 4. The van der Waals surface area contributed by atoms with E-state index in [2.05, 4.69) is 36.1 Å². The van der Waals surface area contributed by atoms with Crippen molar-refractivity contribution >= 4 is 40.6 Å². The molecule has 0 fully saturated rings. The third kappa shape index (κ3) is 5.93. The molecule has 0 aliphatic rings. The fourth-order valence-corrected chi connectivity index (χ4v) is 3.14. The molecule has 0 saturated carbocycles. The highest BCUT2D eigenvalue weighted by molar-refractivity contribution is 6.35. The van der Waals surface area contributed by atoms with E-state index in [9.17, 15) is 22.8 Å². The molecule has 0 bridgehead atoms. The summed E-state index contributed by atoms with van der Waals surface area (Å²) >= 11 is 6.28. The van der Waals surface area contributed by atoms with Gasteiger partial charge in [0.15, 0.2) is 11.5 Å². The van der Waals surface area contributed by atoms with E-state index in [1.807, 2.05) is 0 Å².